The second-order valence-electron chi connectivity index (χ2n) is 5.31. The second-order valence-corrected chi connectivity index (χ2v) is 5.75. The van der Waals surface area contributed by atoms with Crippen molar-refractivity contribution in [2.24, 2.45) is 5.92 Å². The van der Waals surface area contributed by atoms with E-state index in [-0.39, 0.29) is 5.91 Å². The normalized spacial score (nSPS) is 12.5. The lowest BCUT2D eigenvalue weighted by molar-refractivity contribution is -0.115. The van der Waals surface area contributed by atoms with Crippen molar-refractivity contribution in [3.8, 4) is 0 Å². The second kappa shape index (κ2) is 8.18. The van der Waals surface area contributed by atoms with Gasteiger partial charge in [-0.25, -0.2) is 0 Å². The lowest BCUT2D eigenvalue weighted by atomic mass is 10.0. The highest BCUT2D eigenvalue weighted by atomic mass is 35.5. The van der Waals surface area contributed by atoms with Crippen molar-refractivity contribution in [1.82, 2.24) is 5.32 Å². The zero-order valence-corrected chi connectivity index (χ0v) is 12.6. The number of halogens is 1. The summed E-state index contributed by atoms with van der Waals surface area (Å²) in [5.41, 5.74) is 0.731. The molecule has 1 rings (SSSR count). The Morgan fingerprint density at radius 3 is 2.63 bits per heavy atom. The highest BCUT2D eigenvalue weighted by Gasteiger charge is 2.07. The maximum atomic E-state index is 11.7. The van der Waals surface area contributed by atoms with Crippen LogP contribution in [0.25, 0.3) is 0 Å². The zero-order valence-electron chi connectivity index (χ0n) is 11.9. The molecule has 1 aromatic rings. The van der Waals surface area contributed by atoms with Gasteiger partial charge in [-0.05, 0) is 43.9 Å². The Labute approximate surface area is 120 Å². The van der Waals surface area contributed by atoms with E-state index in [0.29, 0.717) is 23.5 Å². The summed E-state index contributed by atoms with van der Waals surface area (Å²) in [5, 5.41) is 6.67. The predicted octanol–water partition coefficient (Wildman–Crippen LogP) is 3.69. The Kier molecular flexibility index (Phi) is 6.89. The van der Waals surface area contributed by atoms with Gasteiger partial charge in [-0.1, -0.05) is 31.5 Å². The van der Waals surface area contributed by atoms with E-state index < -0.39 is 0 Å². The first kappa shape index (κ1) is 16.0. The minimum atomic E-state index is -0.0429. The number of amides is 1. The van der Waals surface area contributed by atoms with Gasteiger partial charge in [0.15, 0.2) is 0 Å². The van der Waals surface area contributed by atoms with Gasteiger partial charge in [0, 0.05) is 16.8 Å². The van der Waals surface area contributed by atoms with Crippen LogP contribution in [-0.4, -0.2) is 18.5 Å². The van der Waals surface area contributed by atoms with E-state index in [1.807, 2.05) is 12.1 Å². The summed E-state index contributed by atoms with van der Waals surface area (Å²) in [6, 6.07) is 7.51. The number of hydrogen-bond acceptors (Lipinski definition) is 2. The smallest absolute Gasteiger partial charge is 0.238 e. The highest BCUT2D eigenvalue weighted by molar-refractivity contribution is 6.30. The summed E-state index contributed by atoms with van der Waals surface area (Å²) < 4.78 is 0. The van der Waals surface area contributed by atoms with Gasteiger partial charge < -0.3 is 10.6 Å². The van der Waals surface area contributed by atoms with E-state index in [1.54, 1.807) is 12.1 Å². The van der Waals surface area contributed by atoms with Gasteiger partial charge >= 0.3 is 0 Å². The molecule has 0 spiro atoms. The van der Waals surface area contributed by atoms with Gasteiger partial charge in [0.1, 0.15) is 0 Å². The van der Waals surface area contributed by atoms with Crippen LogP contribution in [0.1, 0.15) is 33.6 Å². The molecule has 106 valence electrons. The number of nitrogens with one attached hydrogen (secondary N) is 2. The van der Waals surface area contributed by atoms with E-state index in [1.165, 1.54) is 6.42 Å². The van der Waals surface area contributed by atoms with Gasteiger partial charge in [0.2, 0.25) is 5.91 Å². The quantitative estimate of drug-likeness (QED) is 0.801. The Balaban J connectivity index is 2.28. The van der Waals surface area contributed by atoms with Gasteiger partial charge in [0.25, 0.3) is 0 Å². The third-order valence-electron chi connectivity index (χ3n) is 2.90. The summed E-state index contributed by atoms with van der Waals surface area (Å²) in [4.78, 5) is 11.7. The molecular formula is C15H23ClN2O. The van der Waals surface area contributed by atoms with Crippen molar-refractivity contribution in [3.05, 3.63) is 29.3 Å². The molecule has 0 aliphatic heterocycles. The monoisotopic (exact) mass is 282 g/mol. The molecule has 3 nitrogen and oxygen atoms in total. The average Bonchev–Trinajstić information content (AvgIpc) is 2.34. The number of carbonyl (C=O) groups excluding carboxylic acids is 1. The van der Waals surface area contributed by atoms with Crippen LogP contribution in [0.15, 0.2) is 24.3 Å². The minimum Gasteiger partial charge on any atom is -0.325 e. The number of benzene rings is 1. The topological polar surface area (TPSA) is 41.1 Å². The highest BCUT2D eigenvalue weighted by Crippen LogP contribution is 2.14. The summed E-state index contributed by atoms with van der Waals surface area (Å²) in [6.07, 6.45) is 2.26. The third-order valence-corrected chi connectivity index (χ3v) is 3.13. The number of hydrogen-bond donors (Lipinski definition) is 2. The Bertz CT molecular complexity index is 407. The Hall–Kier alpha value is -1.06. The predicted molar refractivity (Wildman–Crippen MR) is 81.6 cm³/mol. The van der Waals surface area contributed by atoms with Crippen LogP contribution >= 0.6 is 11.6 Å². The SMILES string of the molecule is CC(C)CCC(C)NCC(=O)Nc1cccc(Cl)c1. The number of anilines is 1. The largest absolute Gasteiger partial charge is 0.325 e. The van der Waals surface area contributed by atoms with E-state index in [9.17, 15) is 4.79 Å². The molecule has 1 amide bonds. The van der Waals surface area contributed by atoms with Crippen LogP contribution in [0.4, 0.5) is 5.69 Å². The standard InChI is InChI=1S/C15H23ClN2O/c1-11(2)7-8-12(3)17-10-15(19)18-14-6-4-5-13(16)9-14/h4-6,9,11-12,17H,7-8,10H2,1-3H3,(H,18,19). The minimum absolute atomic E-state index is 0.0429. The lowest BCUT2D eigenvalue weighted by Crippen LogP contribution is -2.34. The summed E-state index contributed by atoms with van der Waals surface area (Å²) in [6.45, 7) is 6.85. The van der Waals surface area contributed by atoms with Crippen molar-refractivity contribution in [2.45, 2.75) is 39.7 Å². The van der Waals surface area contributed by atoms with Crippen LogP contribution in [0.3, 0.4) is 0 Å². The summed E-state index contributed by atoms with van der Waals surface area (Å²) >= 11 is 5.86. The molecule has 0 heterocycles. The van der Waals surface area contributed by atoms with E-state index in [4.69, 9.17) is 11.6 Å². The maximum absolute atomic E-state index is 11.7. The summed E-state index contributed by atoms with van der Waals surface area (Å²) in [7, 11) is 0. The first-order chi connectivity index (χ1) is 8.97. The average molecular weight is 283 g/mol. The molecule has 1 unspecified atom stereocenters. The molecule has 1 aromatic carbocycles. The van der Waals surface area contributed by atoms with E-state index >= 15 is 0 Å². The molecule has 0 fully saturated rings. The summed E-state index contributed by atoms with van der Waals surface area (Å²) in [5.74, 6) is 0.656. The molecule has 0 saturated heterocycles. The molecule has 4 heteroatoms. The van der Waals surface area contributed by atoms with Crippen LogP contribution in [0, 0.1) is 5.92 Å². The molecule has 0 bridgehead atoms. The maximum Gasteiger partial charge on any atom is 0.238 e. The lowest BCUT2D eigenvalue weighted by Gasteiger charge is -2.14. The molecule has 0 aliphatic rings. The van der Waals surface area contributed by atoms with E-state index in [0.717, 1.165) is 12.1 Å². The molecular weight excluding hydrogens is 260 g/mol. The Morgan fingerprint density at radius 2 is 2.00 bits per heavy atom. The van der Waals surface area contributed by atoms with Crippen LogP contribution in [0.5, 0.6) is 0 Å². The molecule has 19 heavy (non-hydrogen) atoms. The molecule has 0 saturated carbocycles. The van der Waals surface area contributed by atoms with Gasteiger partial charge in [0.05, 0.1) is 6.54 Å². The van der Waals surface area contributed by atoms with Gasteiger partial charge in [-0.15, -0.1) is 0 Å². The van der Waals surface area contributed by atoms with E-state index in [2.05, 4.69) is 31.4 Å². The van der Waals surface area contributed by atoms with Crippen molar-refractivity contribution in [1.29, 1.82) is 0 Å². The first-order valence-electron chi connectivity index (χ1n) is 6.76. The van der Waals surface area contributed by atoms with Crippen LogP contribution in [0.2, 0.25) is 5.02 Å². The first-order valence-corrected chi connectivity index (χ1v) is 7.14. The van der Waals surface area contributed by atoms with Crippen molar-refractivity contribution in [3.63, 3.8) is 0 Å². The van der Waals surface area contributed by atoms with Crippen LogP contribution < -0.4 is 10.6 Å². The molecule has 2 N–H and O–H groups in total. The number of rotatable bonds is 7. The van der Waals surface area contributed by atoms with Gasteiger partial charge in [-0.3, -0.25) is 4.79 Å². The van der Waals surface area contributed by atoms with Crippen molar-refractivity contribution >= 4 is 23.2 Å². The fourth-order valence-corrected chi connectivity index (χ4v) is 1.91. The van der Waals surface area contributed by atoms with Crippen LogP contribution in [-0.2, 0) is 4.79 Å². The fourth-order valence-electron chi connectivity index (χ4n) is 1.72. The number of carbonyl (C=O) groups is 1. The molecule has 1 atom stereocenters. The molecule has 0 aromatic heterocycles. The molecule has 0 aliphatic carbocycles. The molecule has 0 radical (unpaired) electrons. The fraction of sp³-hybridized carbons (Fsp3) is 0.533. The Morgan fingerprint density at radius 1 is 1.26 bits per heavy atom. The van der Waals surface area contributed by atoms with Crippen molar-refractivity contribution in [2.75, 3.05) is 11.9 Å². The van der Waals surface area contributed by atoms with Crippen molar-refractivity contribution < 1.29 is 4.79 Å². The van der Waals surface area contributed by atoms with Gasteiger partial charge in [-0.2, -0.15) is 0 Å². The zero-order chi connectivity index (χ0) is 14.3. The third kappa shape index (κ3) is 7.19.